The van der Waals surface area contributed by atoms with Crippen LogP contribution in [-0.2, 0) is 6.42 Å². The van der Waals surface area contributed by atoms with Crippen LogP contribution in [0.2, 0.25) is 0 Å². The molecule has 0 aromatic heterocycles. The molecule has 2 N–H and O–H groups in total. The van der Waals surface area contributed by atoms with Crippen molar-refractivity contribution in [3.8, 4) is 0 Å². The largest absolute Gasteiger partial charge is 0.356 e. The summed E-state index contributed by atoms with van der Waals surface area (Å²) in [7, 11) is 1.83. The average Bonchev–Trinajstić information content (AvgIpc) is 3.39. The third kappa shape index (κ3) is 5.92. The van der Waals surface area contributed by atoms with Gasteiger partial charge in [0.05, 0.1) is 4.92 Å². The Morgan fingerprint density at radius 1 is 1.21 bits per heavy atom. The lowest BCUT2D eigenvalue weighted by Crippen LogP contribution is -2.45. The highest BCUT2D eigenvalue weighted by molar-refractivity contribution is 5.79. The zero-order valence-corrected chi connectivity index (χ0v) is 16.9. The van der Waals surface area contributed by atoms with Crippen LogP contribution in [0.1, 0.15) is 50.5 Å². The minimum absolute atomic E-state index is 0.152. The van der Waals surface area contributed by atoms with Gasteiger partial charge in [0.1, 0.15) is 0 Å². The van der Waals surface area contributed by atoms with E-state index in [9.17, 15) is 10.1 Å². The summed E-state index contributed by atoms with van der Waals surface area (Å²) in [5, 5.41) is 17.7. The Morgan fingerprint density at radius 3 is 2.64 bits per heavy atom. The summed E-state index contributed by atoms with van der Waals surface area (Å²) < 4.78 is 0. The van der Waals surface area contributed by atoms with Crippen molar-refractivity contribution in [2.75, 3.05) is 26.7 Å². The number of hydrogen-bond donors (Lipinski definition) is 2. The minimum atomic E-state index is -0.357. The van der Waals surface area contributed by atoms with Gasteiger partial charge in [-0.05, 0) is 44.1 Å². The molecule has 0 spiro atoms. The molecule has 7 heteroatoms. The standard InChI is InChI=1S/C21H33N5O2/c1-22-21(24-18-13-15-25(16-18)19-7-2-3-8-19)23-14-5-4-6-17-9-11-20(12-10-17)26(27)28/h9-12,18-19H,2-8,13-16H2,1H3,(H2,22,23,24). The van der Waals surface area contributed by atoms with E-state index in [1.54, 1.807) is 12.1 Å². The van der Waals surface area contributed by atoms with Gasteiger partial charge in [0.25, 0.3) is 5.69 Å². The van der Waals surface area contributed by atoms with Gasteiger partial charge in [-0.1, -0.05) is 25.0 Å². The van der Waals surface area contributed by atoms with Crippen molar-refractivity contribution >= 4 is 11.6 Å². The second-order valence-corrected chi connectivity index (χ2v) is 7.94. The molecule has 3 rings (SSSR count). The first-order chi connectivity index (χ1) is 13.7. The number of nitro benzene ring substituents is 1. The van der Waals surface area contributed by atoms with Crippen LogP contribution in [-0.4, -0.2) is 54.5 Å². The summed E-state index contributed by atoms with van der Waals surface area (Å²) in [5.74, 6) is 0.897. The number of nitro groups is 1. The van der Waals surface area contributed by atoms with Crippen LogP contribution in [0, 0.1) is 10.1 Å². The maximum absolute atomic E-state index is 10.7. The van der Waals surface area contributed by atoms with E-state index in [1.165, 1.54) is 38.6 Å². The molecule has 1 unspecified atom stereocenters. The molecule has 1 atom stereocenters. The zero-order valence-electron chi connectivity index (χ0n) is 16.9. The quantitative estimate of drug-likeness (QED) is 0.235. The van der Waals surface area contributed by atoms with Gasteiger partial charge in [-0.15, -0.1) is 0 Å². The molecule has 154 valence electrons. The molecule has 1 saturated heterocycles. The maximum atomic E-state index is 10.7. The van der Waals surface area contributed by atoms with E-state index in [4.69, 9.17) is 0 Å². The number of rotatable bonds is 8. The number of aliphatic imine (C=N–C) groups is 1. The molecule has 0 bridgehead atoms. The van der Waals surface area contributed by atoms with E-state index in [0.717, 1.165) is 49.9 Å². The smallest absolute Gasteiger partial charge is 0.269 e. The lowest BCUT2D eigenvalue weighted by molar-refractivity contribution is -0.384. The Bertz CT molecular complexity index is 655. The number of hydrogen-bond acceptors (Lipinski definition) is 4. The van der Waals surface area contributed by atoms with Crippen LogP contribution < -0.4 is 10.6 Å². The molecule has 7 nitrogen and oxygen atoms in total. The molecule has 1 saturated carbocycles. The molecule has 1 aromatic carbocycles. The second-order valence-electron chi connectivity index (χ2n) is 7.94. The van der Waals surface area contributed by atoms with Gasteiger partial charge < -0.3 is 10.6 Å². The first-order valence-electron chi connectivity index (χ1n) is 10.6. The third-order valence-electron chi connectivity index (χ3n) is 5.96. The van der Waals surface area contributed by atoms with Gasteiger partial charge in [-0.25, -0.2) is 0 Å². The van der Waals surface area contributed by atoms with Gasteiger partial charge in [0, 0.05) is 50.9 Å². The van der Waals surface area contributed by atoms with E-state index < -0.39 is 0 Å². The van der Waals surface area contributed by atoms with E-state index in [1.807, 2.05) is 19.2 Å². The lowest BCUT2D eigenvalue weighted by atomic mass is 10.1. The van der Waals surface area contributed by atoms with Gasteiger partial charge in [-0.3, -0.25) is 20.0 Å². The van der Waals surface area contributed by atoms with Crippen molar-refractivity contribution in [3.05, 3.63) is 39.9 Å². The molecule has 0 radical (unpaired) electrons. The van der Waals surface area contributed by atoms with Crippen LogP contribution >= 0.6 is 0 Å². The van der Waals surface area contributed by atoms with Crippen molar-refractivity contribution in [3.63, 3.8) is 0 Å². The Hall–Kier alpha value is -2.15. The molecule has 1 aromatic rings. The predicted octanol–water partition coefficient (Wildman–Crippen LogP) is 3.10. The van der Waals surface area contributed by atoms with Crippen LogP contribution in [0.3, 0.4) is 0 Å². The SMILES string of the molecule is CN=C(NCCCCc1ccc([N+](=O)[O-])cc1)NC1CCN(C2CCCC2)C1. The Labute approximate surface area is 167 Å². The third-order valence-corrected chi connectivity index (χ3v) is 5.96. The van der Waals surface area contributed by atoms with Crippen molar-refractivity contribution in [2.45, 2.75) is 63.5 Å². The number of nitrogens with one attached hydrogen (secondary N) is 2. The summed E-state index contributed by atoms with van der Waals surface area (Å²) in [5.41, 5.74) is 1.30. The molecule has 1 heterocycles. The van der Waals surface area contributed by atoms with Crippen molar-refractivity contribution in [1.82, 2.24) is 15.5 Å². The molecule has 1 aliphatic heterocycles. The lowest BCUT2D eigenvalue weighted by Gasteiger charge is -2.24. The van der Waals surface area contributed by atoms with E-state index >= 15 is 0 Å². The highest BCUT2D eigenvalue weighted by atomic mass is 16.6. The number of non-ortho nitro benzene ring substituents is 1. The number of aryl methyl sites for hydroxylation is 1. The highest BCUT2D eigenvalue weighted by Crippen LogP contribution is 2.26. The molecule has 1 aliphatic carbocycles. The average molecular weight is 388 g/mol. The van der Waals surface area contributed by atoms with Gasteiger partial charge in [0.2, 0.25) is 0 Å². The monoisotopic (exact) mass is 387 g/mol. The van der Waals surface area contributed by atoms with Crippen LogP contribution in [0.4, 0.5) is 5.69 Å². The molecule has 28 heavy (non-hydrogen) atoms. The molecule has 2 fully saturated rings. The van der Waals surface area contributed by atoms with Gasteiger partial charge in [0.15, 0.2) is 5.96 Å². The van der Waals surface area contributed by atoms with E-state index in [0.29, 0.717) is 6.04 Å². The topological polar surface area (TPSA) is 82.8 Å². The first kappa shape index (κ1) is 20.6. The summed E-state index contributed by atoms with van der Waals surface area (Å²) in [6, 6.07) is 8.16. The van der Waals surface area contributed by atoms with Crippen LogP contribution in [0.25, 0.3) is 0 Å². The predicted molar refractivity (Wildman–Crippen MR) is 113 cm³/mol. The van der Waals surface area contributed by atoms with Gasteiger partial charge in [-0.2, -0.15) is 0 Å². The summed E-state index contributed by atoms with van der Waals surface area (Å²) in [4.78, 5) is 17.4. The highest BCUT2D eigenvalue weighted by Gasteiger charge is 2.30. The Kier molecular flexibility index (Phi) is 7.65. The van der Waals surface area contributed by atoms with E-state index in [2.05, 4.69) is 20.5 Å². The van der Waals surface area contributed by atoms with Gasteiger partial charge >= 0.3 is 0 Å². The molecule has 0 amide bonds. The van der Waals surface area contributed by atoms with Crippen molar-refractivity contribution in [1.29, 1.82) is 0 Å². The molecule has 2 aliphatic rings. The summed E-state index contributed by atoms with van der Waals surface area (Å²) in [6.07, 6.45) is 9.73. The Balaban J connectivity index is 1.30. The van der Waals surface area contributed by atoms with E-state index in [-0.39, 0.29) is 10.6 Å². The second kappa shape index (κ2) is 10.4. The minimum Gasteiger partial charge on any atom is -0.356 e. The van der Waals surface area contributed by atoms with Crippen LogP contribution in [0.5, 0.6) is 0 Å². The first-order valence-corrected chi connectivity index (χ1v) is 10.6. The fourth-order valence-corrected chi connectivity index (χ4v) is 4.34. The summed E-state index contributed by atoms with van der Waals surface area (Å²) in [6.45, 7) is 3.21. The summed E-state index contributed by atoms with van der Waals surface area (Å²) >= 11 is 0. The number of nitrogens with zero attached hydrogens (tertiary/aromatic N) is 3. The number of unbranched alkanes of at least 4 members (excludes halogenated alkanes) is 1. The fraction of sp³-hybridized carbons (Fsp3) is 0.667. The van der Waals surface area contributed by atoms with Crippen molar-refractivity contribution < 1.29 is 4.92 Å². The maximum Gasteiger partial charge on any atom is 0.269 e. The number of guanidine groups is 1. The number of likely N-dealkylation sites (tertiary alicyclic amines) is 1. The normalized spacial score (nSPS) is 21.2. The Morgan fingerprint density at radius 2 is 1.96 bits per heavy atom. The zero-order chi connectivity index (χ0) is 19.8. The molecular weight excluding hydrogens is 354 g/mol. The number of benzene rings is 1. The molecular formula is C21H33N5O2. The fourth-order valence-electron chi connectivity index (χ4n) is 4.34. The van der Waals surface area contributed by atoms with Crippen LogP contribution in [0.15, 0.2) is 29.3 Å². The van der Waals surface area contributed by atoms with Crippen molar-refractivity contribution in [2.24, 2.45) is 4.99 Å².